The Morgan fingerprint density at radius 1 is 1.19 bits per heavy atom. The van der Waals surface area contributed by atoms with Crippen LogP contribution in [-0.2, 0) is 0 Å². The van der Waals surface area contributed by atoms with Crippen LogP contribution in [0.2, 0.25) is 0 Å². The molecule has 1 aliphatic rings. The molecule has 0 aliphatic heterocycles. The summed E-state index contributed by atoms with van der Waals surface area (Å²) in [5.41, 5.74) is 2.84. The van der Waals surface area contributed by atoms with Crippen molar-refractivity contribution in [1.82, 2.24) is 0 Å². The van der Waals surface area contributed by atoms with Crippen LogP contribution >= 0.6 is 0 Å². The van der Waals surface area contributed by atoms with E-state index in [2.05, 4.69) is 46.8 Å². The average Bonchev–Trinajstić information content (AvgIpc) is 2.45. The van der Waals surface area contributed by atoms with Gasteiger partial charge in [0.05, 0.1) is 6.10 Å². The van der Waals surface area contributed by atoms with E-state index in [1.165, 1.54) is 17.5 Å². The number of rotatable bonds is 4. The van der Waals surface area contributed by atoms with Gasteiger partial charge in [0.1, 0.15) is 11.9 Å². The topological polar surface area (TPSA) is 29.5 Å². The van der Waals surface area contributed by atoms with E-state index in [4.69, 9.17) is 4.74 Å². The summed E-state index contributed by atoms with van der Waals surface area (Å²) in [4.78, 5) is 0. The predicted molar refractivity (Wildman–Crippen MR) is 87.8 cm³/mol. The van der Waals surface area contributed by atoms with Gasteiger partial charge in [-0.05, 0) is 67.7 Å². The highest BCUT2D eigenvalue weighted by Crippen LogP contribution is 2.41. The van der Waals surface area contributed by atoms with Crippen LogP contribution in [0.15, 0.2) is 18.2 Å². The summed E-state index contributed by atoms with van der Waals surface area (Å²) >= 11 is 0. The third-order valence-corrected chi connectivity index (χ3v) is 5.54. The third kappa shape index (κ3) is 3.79. The number of ether oxygens (including phenoxy) is 1. The molecule has 21 heavy (non-hydrogen) atoms. The normalized spacial score (nSPS) is 26.7. The molecule has 2 nitrogen and oxygen atoms in total. The number of aryl methyl sites for hydroxylation is 2. The number of aliphatic hydroxyl groups excluding tert-OH is 1. The van der Waals surface area contributed by atoms with Gasteiger partial charge < -0.3 is 9.84 Å². The third-order valence-electron chi connectivity index (χ3n) is 5.54. The van der Waals surface area contributed by atoms with Gasteiger partial charge in [-0.3, -0.25) is 0 Å². The Morgan fingerprint density at radius 2 is 1.90 bits per heavy atom. The first kappa shape index (κ1) is 16.4. The largest absolute Gasteiger partial charge is 0.488 e. The summed E-state index contributed by atoms with van der Waals surface area (Å²) in [6, 6.07) is 6.19. The molecule has 0 spiro atoms. The van der Waals surface area contributed by atoms with Gasteiger partial charge in [0.25, 0.3) is 0 Å². The Labute approximate surface area is 129 Å². The van der Waals surface area contributed by atoms with Crippen molar-refractivity contribution in [2.75, 3.05) is 0 Å². The van der Waals surface area contributed by atoms with Crippen LogP contribution in [0.25, 0.3) is 0 Å². The summed E-state index contributed by atoms with van der Waals surface area (Å²) in [5.74, 6) is 1.51. The van der Waals surface area contributed by atoms with Crippen molar-refractivity contribution in [3.8, 4) is 5.75 Å². The Bertz CT molecular complexity index is 478. The molecule has 1 aromatic carbocycles. The standard InChI is InChI=1S/C19H30O2/c1-6-19(4,5)15-8-10-17(20)18(12-15)21-16-9-7-13(2)14(3)11-16/h7,9,11,15,17-18,20H,6,8,10,12H2,1-5H3. The second-order valence-corrected chi connectivity index (χ2v) is 7.32. The lowest BCUT2D eigenvalue weighted by Crippen LogP contribution is -2.42. The molecule has 0 bridgehead atoms. The molecule has 0 aromatic heterocycles. The van der Waals surface area contributed by atoms with E-state index in [9.17, 15) is 5.11 Å². The molecule has 0 heterocycles. The van der Waals surface area contributed by atoms with Gasteiger partial charge in [-0.2, -0.15) is 0 Å². The smallest absolute Gasteiger partial charge is 0.125 e. The zero-order valence-electron chi connectivity index (χ0n) is 14.1. The van der Waals surface area contributed by atoms with Crippen LogP contribution in [0, 0.1) is 25.2 Å². The quantitative estimate of drug-likeness (QED) is 0.874. The first-order valence-corrected chi connectivity index (χ1v) is 8.25. The van der Waals surface area contributed by atoms with Crippen molar-refractivity contribution in [2.45, 2.75) is 72.5 Å². The van der Waals surface area contributed by atoms with Gasteiger partial charge >= 0.3 is 0 Å². The molecule has 1 aliphatic carbocycles. The van der Waals surface area contributed by atoms with Crippen LogP contribution in [-0.4, -0.2) is 17.3 Å². The summed E-state index contributed by atoms with van der Waals surface area (Å²) < 4.78 is 6.12. The highest BCUT2D eigenvalue weighted by atomic mass is 16.5. The lowest BCUT2D eigenvalue weighted by molar-refractivity contribution is -0.0333. The van der Waals surface area contributed by atoms with Crippen LogP contribution in [0.5, 0.6) is 5.75 Å². The van der Waals surface area contributed by atoms with Gasteiger partial charge in [-0.15, -0.1) is 0 Å². The Morgan fingerprint density at radius 3 is 2.52 bits per heavy atom. The minimum absolute atomic E-state index is 0.0725. The van der Waals surface area contributed by atoms with Gasteiger partial charge in [-0.25, -0.2) is 0 Å². The van der Waals surface area contributed by atoms with E-state index in [1.54, 1.807) is 0 Å². The van der Waals surface area contributed by atoms with E-state index in [0.29, 0.717) is 11.3 Å². The van der Waals surface area contributed by atoms with E-state index >= 15 is 0 Å². The summed E-state index contributed by atoms with van der Waals surface area (Å²) in [5, 5.41) is 10.3. The van der Waals surface area contributed by atoms with Crippen LogP contribution in [0.1, 0.15) is 57.6 Å². The zero-order chi connectivity index (χ0) is 15.6. The fourth-order valence-electron chi connectivity index (χ4n) is 3.20. The molecule has 3 atom stereocenters. The maximum atomic E-state index is 10.3. The monoisotopic (exact) mass is 290 g/mol. The van der Waals surface area contributed by atoms with E-state index in [1.807, 2.05) is 6.07 Å². The molecule has 118 valence electrons. The molecule has 1 aromatic rings. The van der Waals surface area contributed by atoms with E-state index in [-0.39, 0.29) is 12.2 Å². The molecule has 2 rings (SSSR count). The molecule has 1 fully saturated rings. The van der Waals surface area contributed by atoms with Gasteiger partial charge in [-0.1, -0.05) is 33.3 Å². The SMILES string of the molecule is CCC(C)(C)C1CCC(O)C(Oc2ccc(C)c(C)c2)C1. The fraction of sp³-hybridized carbons (Fsp3) is 0.684. The first-order chi connectivity index (χ1) is 9.83. The maximum Gasteiger partial charge on any atom is 0.125 e. The zero-order valence-corrected chi connectivity index (χ0v) is 14.1. The molecule has 0 radical (unpaired) electrons. The van der Waals surface area contributed by atoms with Crippen molar-refractivity contribution >= 4 is 0 Å². The fourth-order valence-corrected chi connectivity index (χ4v) is 3.20. The second kappa shape index (κ2) is 6.39. The number of hydrogen-bond donors (Lipinski definition) is 1. The van der Waals surface area contributed by atoms with Gasteiger partial charge in [0.2, 0.25) is 0 Å². The number of hydrogen-bond acceptors (Lipinski definition) is 2. The predicted octanol–water partition coefficient (Wildman–Crippen LogP) is 4.65. The van der Waals surface area contributed by atoms with E-state index in [0.717, 1.165) is 25.0 Å². The molecule has 3 unspecified atom stereocenters. The maximum absolute atomic E-state index is 10.3. The van der Waals surface area contributed by atoms with Crippen molar-refractivity contribution in [3.63, 3.8) is 0 Å². The highest BCUT2D eigenvalue weighted by molar-refractivity contribution is 5.34. The van der Waals surface area contributed by atoms with Crippen molar-refractivity contribution in [3.05, 3.63) is 29.3 Å². The summed E-state index contributed by atoms with van der Waals surface area (Å²) in [7, 11) is 0. The Hall–Kier alpha value is -1.02. The first-order valence-electron chi connectivity index (χ1n) is 8.25. The molecular weight excluding hydrogens is 260 g/mol. The molecule has 0 saturated heterocycles. The molecule has 0 amide bonds. The van der Waals surface area contributed by atoms with Crippen LogP contribution < -0.4 is 4.74 Å². The molecular formula is C19H30O2. The highest BCUT2D eigenvalue weighted by Gasteiger charge is 2.37. The lowest BCUT2D eigenvalue weighted by Gasteiger charge is -2.41. The van der Waals surface area contributed by atoms with Gasteiger partial charge in [0.15, 0.2) is 0 Å². The van der Waals surface area contributed by atoms with Gasteiger partial charge in [0, 0.05) is 0 Å². The Kier molecular flexibility index (Phi) is 4.98. The van der Waals surface area contributed by atoms with E-state index < -0.39 is 0 Å². The molecule has 1 saturated carbocycles. The van der Waals surface area contributed by atoms with Crippen LogP contribution in [0.3, 0.4) is 0 Å². The van der Waals surface area contributed by atoms with Crippen molar-refractivity contribution in [1.29, 1.82) is 0 Å². The number of benzene rings is 1. The molecule has 1 N–H and O–H groups in total. The Balaban J connectivity index is 2.08. The minimum atomic E-state index is -0.337. The average molecular weight is 290 g/mol. The molecule has 2 heteroatoms. The van der Waals surface area contributed by atoms with Crippen molar-refractivity contribution < 1.29 is 9.84 Å². The lowest BCUT2D eigenvalue weighted by atomic mass is 9.68. The summed E-state index contributed by atoms with van der Waals surface area (Å²) in [6.07, 6.45) is 3.67. The second-order valence-electron chi connectivity index (χ2n) is 7.32. The number of aliphatic hydroxyl groups is 1. The summed E-state index contributed by atoms with van der Waals surface area (Å²) in [6.45, 7) is 11.1. The van der Waals surface area contributed by atoms with Crippen molar-refractivity contribution in [2.24, 2.45) is 11.3 Å². The van der Waals surface area contributed by atoms with Crippen LogP contribution in [0.4, 0.5) is 0 Å². The minimum Gasteiger partial charge on any atom is -0.488 e.